The Morgan fingerprint density at radius 2 is 2.18 bits per heavy atom. The Kier molecular flexibility index (Phi) is 1.82. The Morgan fingerprint density at radius 3 is 3.00 bits per heavy atom. The van der Waals surface area contributed by atoms with Crippen molar-refractivity contribution in [3.8, 4) is 0 Å². The van der Waals surface area contributed by atoms with Crippen molar-refractivity contribution in [1.82, 2.24) is 0 Å². The quantitative estimate of drug-likeness (QED) is 0.622. The predicted octanol–water partition coefficient (Wildman–Crippen LogP) is 2.89. The summed E-state index contributed by atoms with van der Waals surface area (Å²) in [6.45, 7) is 0. The molecule has 0 saturated carbocycles. The van der Waals surface area contributed by atoms with Crippen molar-refractivity contribution in [2.24, 2.45) is 0 Å². The molecule has 1 unspecified atom stereocenters. The van der Waals surface area contributed by atoms with E-state index in [-0.39, 0.29) is 0 Å². The Morgan fingerprint density at radius 1 is 1.36 bits per heavy atom. The average molecular weight is 208 g/mol. The zero-order chi connectivity index (χ0) is 7.68. The zero-order valence-electron chi connectivity index (χ0n) is 6.05. The van der Waals surface area contributed by atoms with Crippen LogP contribution in [0.4, 0.5) is 0 Å². The fourth-order valence-corrected chi connectivity index (χ4v) is 1.90. The number of fused-ring (bicyclic) bond motifs is 1. The van der Waals surface area contributed by atoms with Gasteiger partial charge in [0, 0.05) is 11.2 Å². The monoisotopic (exact) mass is 207 g/mol. The SMILES string of the molecule is BrCC1C=[C]c2ccccc21. The van der Waals surface area contributed by atoms with Crippen molar-refractivity contribution >= 4 is 15.9 Å². The number of benzene rings is 1. The van der Waals surface area contributed by atoms with E-state index < -0.39 is 0 Å². The Balaban J connectivity index is 2.46. The van der Waals surface area contributed by atoms with Crippen LogP contribution in [0, 0.1) is 6.08 Å². The third-order valence-corrected chi connectivity index (χ3v) is 2.66. The standard InChI is InChI=1S/C10H8Br/c11-7-9-6-5-8-3-1-2-4-10(8)9/h1-4,6,9H,7H2. The van der Waals surface area contributed by atoms with E-state index in [0.29, 0.717) is 5.92 Å². The highest BCUT2D eigenvalue weighted by Crippen LogP contribution is 2.28. The van der Waals surface area contributed by atoms with Gasteiger partial charge in [0.15, 0.2) is 0 Å². The molecule has 0 heterocycles. The van der Waals surface area contributed by atoms with Gasteiger partial charge in [0.2, 0.25) is 0 Å². The van der Waals surface area contributed by atoms with Crippen molar-refractivity contribution in [3.63, 3.8) is 0 Å². The summed E-state index contributed by atoms with van der Waals surface area (Å²) in [7, 11) is 0. The summed E-state index contributed by atoms with van der Waals surface area (Å²) in [4.78, 5) is 0. The largest absolute Gasteiger partial charge is 0.0918 e. The Hall–Kier alpha value is -0.560. The molecule has 11 heavy (non-hydrogen) atoms. The Bertz CT molecular complexity index is 289. The van der Waals surface area contributed by atoms with Crippen LogP contribution in [0.15, 0.2) is 30.3 Å². The molecule has 1 aliphatic rings. The van der Waals surface area contributed by atoms with Crippen molar-refractivity contribution in [2.75, 3.05) is 5.33 Å². The van der Waals surface area contributed by atoms with Crippen molar-refractivity contribution in [1.29, 1.82) is 0 Å². The number of allylic oxidation sites excluding steroid dienone is 1. The molecular weight excluding hydrogens is 200 g/mol. The molecule has 1 heteroatoms. The van der Waals surface area contributed by atoms with Gasteiger partial charge >= 0.3 is 0 Å². The molecule has 0 aliphatic heterocycles. The van der Waals surface area contributed by atoms with Gasteiger partial charge < -0.3 is 0 Å². The molecular formula is C10H8Br. The number of halogens is 1. The zero-order valence-corrected chi connectivity index (χ0v) is 7.64. The molecule has 0 bridgehead atoms. The maximum Gasteiger partial charge on any atom is 0.0136 e. The molecule has 2 rings (SSSR count). The fraction of sp³-hybridized carbons (Fsp3) is 0.200. The van der Waals surface area contributed by atoms with Gasteiger partial charge in [0.1, 0.15) is 0 Å². The molecule has 1 aliphatic carbocycles. The third-order valence-electron chi connectivity index (χ3n) is 1.97. The van der Waals surface area contributed by atoms with E-state index in [0.717, 1.165) is 5.33 Å². The predicted molar refractivity (Wildman–Crippen MR) is 49.9 cm³/mol. The van der Waals surface area contributed by atoms with Gasteiger partial charge in [-0.1, -0.05) is 46.3 Å². The molecule has 0 N–H and O–H groups in total. The lowest BCUT2D eigenvalue weighted by Gasteiger charge is -2.04. The van der Waals surface area contributed by atoms with Crippen LogP contribution in [0.2, 0.25) is 0 Å². The minimum atomic E-state index is 0.534. The molecule has 0 saturated heterocycles. The van der Waals surface area contributed by atoms with Gasteiger partial charge in [-0.2, -0.15) is 0 Å². The summed E-state index contributed by atoms with van der Waals surface area (Å²) < 4.78 is 0. The van der Waals surface area contributed by atoms with E-state index in [4.69, 9.17) is 0 Å². The van der Waals surface area contributed by atoms with Gasteiger partial charge in [-0.05, 0) is 17.2 Å². The number of hydrogen-bond acceptors (Lipinski definition) is 0. The Labute approximate surface area is 75.1 Å². The molecule has 1 aromatic carbocycles. The summed E-state index contributed by atoms with van der Waals surface area (Å²) in [5.74, 6) is 0.534. The number of alkyl halides is 1. The van der Waals surface area contributed by atoms with Crippen LogP contribution in [0.3, 0.4) is 0 Å². The molecule has 0 amide bonds. The molecule has 1 radical (unpaired) electrons. The summed E-state index contributed by atoms with van der Waals surface area (Å²) in [5, 5.41) is 0.997. The molecule has 1 aromatic rings. The molecule has 1 atom stereocenters. The minimum absolute atomic E-state index is 0.534. The lowest BCUT2D eigenvalue weighted by molar-refractivity contribution is 1.02. The van der Waals surface area contributed by atoms with Gasteiger partial charge in [0.05, 0.1) is 0 Å². The molecule has 55 valence electrons. The second kappa shape index (κ2) is 2.82. The normalized spacial score (nSPS) is 20.3. The maximum absolute atomic E-state index is 3.47. The van der Waals surface area contributed by atoms with E-state index in [2.05, 4.69) is 52.3 Å². The van der Waals surface area contributed by atoms with Crippen LogP contribution in [-0.2, 0) is 0 Å². The van der Waals surface area contributed by atoms with Crippen molar-refractivity contribution in [3.05, 3.63) is 47.5 Å². The van der Waals surface area contributed by atoms with E-state index in [1.807, 2.05) is 0 Å². The van der Waals surface area contributed by atoms with Gasteiger partial charge in [0.25, 0.3) is 0 Å². The van der Waals surface area contributed by atoms with Gasteiger partial charge in [-0.25, -0.2) is 0 Å². The highest BCUT2D eigenvalue weighted by atomic mass is 79.9. The van der Waals surface area contributed by atoms with Crippen LogP contribution in [-0.4, -0.2) is 5.33 Å². The molecule has 0 aromatic heterocycles. The summed E-state index contributed by atoms with van der Waals surface area (Å²) >= 11 is 3.47. The van der Waals surface area contributed by atoms with Crippen LogP contribution < -0.4 is 0 Å². The van der Waals surface area contributed by atoms with E-state index >= 15 is 0 Å². The van der Waals surface area contributed by atoms with Crippen molar-refractivity contribution < 1.29 is 0 Å². The van der Waals surface area contributed by atoms with E-state index in [1.165, 1.54) is 11.1 Å². The van der Waals surface area contributed by atoms with E-state index in [9.17, 15) is 0 Å². The molecule has 0 fully saturated rings. The highest BCUT2D eigenvalue weighted by molar-refractivity contribution is 9.09. The van der Waals surface area contributed by atoms with Crippen LogP contribution in [0.25, 0.3) is 0 Å². The third kappa shape index (κ3) is 1.14. The van der Waals surface area contributed by atoms with E-state index in [1.54, 1.807) is 0 Å². The first-order valence-electron chi connectivity index (χ1n) is 3.66. The smallest absolute Gasteiger partial charge is 0.0136 e. The summed E-state index contributed by atoms with van der Waals surface area (Å²) in [6, 6.07) is 8.40. The first-order chi connectivity index (χ1) is 5.42. The number of hydrogen-bond donors (Lipinski definition) is 0. The lowest BCUT2D eigenvalue weighted by Crippen LogP contribution is -1.92. The summed E-state index contributed by atoms with van der Waals surface area (Å²) in [6.07, 6.45) is 5.37. The van der Waals surface area contributed by atoms with Gasteiger partial charge in [-0.3, -0.25) is 0 Å². The van der Waals surface area contributed by atoms with Crippen LogP contribution >= 0.6 is 15.9 Å². The highest BCUT2D eigenvalue weighted by Gasteiger charge is 2.14. The first kappa shape index (κ1) is 7.11. The first-order valence-corrected chi connectivity index (χ1v) is 4.79. The maximum atomic E-state index is 3.47. The second-order valence-corrected chi connectivity index (χ2v) is 3.31. The minimum Gasteiger partial charge on any atom is -0.0918 e. The van der Waals surface area contributed by atoms with Gasteiger partial charge in [-0.15, -0.1) is 0 Å². The van der Waals surface area contributed by atoms with Crippen LogP contribution in [0.5, 0.6) is 0 Å². The average Bonchev–Trinajstić information content (AvgIpc) is 2.47. The lowest BCUT2D eigenvalue weighted by atomic mass is 10.0. The van der Waals surface area contributed by atoms with Crippen LogP contribution in [0.1, 0.15) is 17.0 Å². The summed E-state index contributed by atoms with van der Waals surface area (Å²) in [5.41, 5.74) is 2.64. The fourth-order valence-electron chi connectivity index (χ4n) is 1.36. The van der Waals surface area contributed by atoms with Crippen molar-refractivity contribution in [2.45, 2.75) is 5.92 Å². The topological polar surface area (TPSA) is 0 Å². The molecule has 0 nitrogen and oxygen atoms in total. The number of rotatable bonds is 1. The molecule has 0 spiro atoms. The second-order valence-electron chi connectivity index (χ2n) is 2.66.